The van der Waals surface area contributed by atoms with Gasteiger partial charge in [0.05, 0.1) is 11.7 Å². The molecule has 25 heavy (non-hydrogen) atoms. The van der Waals surface area contributed by atoms with Crippen LogP contribution in [0.4, 0.5) is 0 Å². The van der Waals surface area contributed by atoms with Crippen molar-refractivity contribution in [2.24, 2.45) is 0 Å². The van der Waals surface area contributed by atoms with Gasteiger partial charge in [0, 0.05) is 11.1 Å². The first-order valence-corrected chi connectivity index (χ1v) is 8.49. The third-order valence-corrected chi connectivity index (χ3v) is 5.71. The van der Waals surface area contributed by atoms with Gasteiger partial charge in [-0.3, -0.25) is 0 Å². The second-order valence-electron chi connectivity index (χ2n) is 6.81. The van der Waals surface area contributed by atoms with Gasteiger partial charge >= 0.3 is 0 Å². The number of hydrogen-bond acceptors (Lipinski definition) is 1. The number of benzene rings is 3. The lowest BCUT2D eigenvalue weighted by molar-refractivity contribution is 0.581. The molecule has 6 rings (SSSR count). The summed E-state index contributed by atoms with van der Waals surface area (Å²) in [6.07, 6.45) is 1.80. The Labute approximate surface area is 147 Å². The minimum atomic E-state index is -0.333. The van der Waals surface area contributed by atoms with Crippen molar-refractivity contribution in [3.05, 3.63) is 101 Å². The lowest BCUT2D eigenvalue weighted by atomic mass is 9.70. The smallest absolute Gasteiger partial charge is 0.138 e. The summed E-state index contributed by atoms with van der Waals surface area (Å²) in [5.41, 5.74) is 9.22. The number of fused-ring (bicyclic) bond motifs is 10. The minimum Gasteiger partial charge on any atom is -0.464 e. The van der Waals surface area contributed by atoms with Gasteiger partial charge in [0.15, 0.2) is 0 Å². The van der Waals surface area contributed by atoms with E-state index in [1.165, 1.54) is 38.9 Å². The Bertz CT molecular complexity index is 1170. The maximum atomic E-state index is 6.21. The summed E-state index contributed by atoms with van der Waals surface area (Å²) < 4.78 is 5.92. The maximum absolute atomic E-state index is 6.21. The van der Waals surface area contributed by atoms with E-state index in [1.54, 1.807) is 6.26 Å². The van der Waals surface area contributed by atoms with Gasteiger partial charge in [-0.25, -0.2) is 0 Å². The normalized spacial score (nSPS) is 18.7. The van der Waals surface area contributed by atoms with E-state index in [0.717, 1.165) is 11.2 Å². The molecule has 1 heterocycles. The van der Waals surface area contributed by atoms with Gasteiger partial charge in [-0.2, -0.15) is 0 Å². The number of furan rings is 1. The Morgan fingerprint density at radius 1 is 0.640 bits per heavy atom. The van der Waals surface area contributed by atoms with Crippen molar-refractivity contribution in [2.45, 2.75) is 5.41 Å². The number of hydrogen-bond donors (Lipinski definition) is 0. The van der Waals surface area contributed by atoms with Gasteiger partial charge in [0.1, 0.15) is 13.6 Å². The first-order valence-electron chi connectivity index (χ1n) is 8.49. The van der Waals surface area contributed by atoms with E-state index in [1.807, 2.05) is 6.07 Å². The standard InChI is InChI=1S/C23H13BO/c24-14-9-10-16-15-5-1-3-7-18(15)23(21(16)13-14)19-8-4-2-6-17(19)22-20(23)11-12-25-22/h1-13H. The van der Waals surface area contributed by atoms with Crippen LogP contribution in [0.15, 0.2) is 83.5 Å². The summed E-state index contributed by atoms with van der Waals surface area (Å²) >= 11 is 0. The van der Waals surface area contributed by atoms with Gasteiger partial charge in [0.25, 0.3) is 0 Å². The van der Waals surface area contributed by atoms with Crippen molar-refractivity contribution in [3.63, 3.8) is 0 Å². The van der Waals surface area contributed by atoms with Gasteiger partial charge < -0.3 is 4.42 Å². The van der Waals surface area contributed by atoms with E-state index in [-0.39, 0.29) is 5.41 Å². The third kappa shape index (κ3) is 1.39. The van der Waals surface area contributed by atoms with Gasteiger partial charge in [0.2, 0.25) is 0 Å². The van der Waals surface area contributed by atoms with Crippen LogP contribution >= 0.6 is 0 Å². The van der Waals surface area contributed by atoms with Crippen LogP contribution in [-0.4, -0.2) is 7.85 Å². The molecule has 1 atom stereocenters. The van der Waals surface area contributed by atoms with Gasteiger partial charge in [-0.1, -0.05) is 72.2 Å². The molecule has 3 aromatic carbocycles. The molecular formula is C23H13BO. The van der Waals surface area contributed by atoms with Gasteiger partial charge in [-0.15, -0.1) is 0 Å². The Balaban J connectivity index is 1.88. The zero-order valence-corrected chi connectivity index (χ0v) is 13.5. The van der Waals surface area contributed by atoms with Crippen LogP contribution in [0.3, 0.4) is 0 Å². The maximum Gasteiger partial charge on any atom is 0.138 e. The van der Waals surface area contributed by atoms with E-state index >= 15 is 0 Å². The quantitative estimate of drug-likeness (QED) is 0.378. The Kier molecular flexibility index (Phi) is 2.31. The molecule has 4 aromatic rings. The minimum absolute atomic E-state index is 0.333. The zero-order valence-electron chi connectivity index (χ0n) is 13.5. The molecule has 1 unspecified atom stereocenters. The molecule has 0 saturated carbocycles. The molecule has 2 aliphatic carbocycles. The molecule has 2 heteroatoms. The zero-order chi connectivity index (χ0) is 16.6. The van der Waals surface area contributed by atoms with Crippen molar-refractivity contribution >= 4 is 13.3 Å². The first-order chi connectivity index (χ1) is 12.3. The summed E-state index contributed by atoms with van der Waals surface area (Å²) in [7, 11) is 6.21. The largest absolute Gasteiger partial charge is 0.464 e. The SMILES string of the molecule is [B]c1ccc2c(c1)C1(c3ccccc3-2)c2ccccc2-c2occc21. The van der Waals surface area contributed by atoms with Crippen LogP contribution in [0.2, 0.25) is 0 Å². The molecule has 1 nitrogen and oxygen atoms in total. The van der Waals surface area contributed by atoms with Crippen LogP contribution in [-0.2, 0) is 5.41 Å². The lowest BCUT2D eigenvalue weighted by Gasteiger charge is -2.29. The van der Waals surface area contributed by atoms with Crippen molar-refractivity contribution in [1.29, 1.82) is 0 Å². The molecule has 1 aromatic heterocycles. The van der Waals surface area contributed by atoms with E-state index in [4.69, 9.17) is 12.3 Å². The molecule has 2 radical (unpaired) electrons. The van der Waals surface area contributed by atoms with E-state index < -0.39 is 0 Å². The highest BCUT2D eigenvalue weighted by Crippen LogP contribution is 2.62. The molecule has 0 aliphatic heterocycles. The van der Waals surface area contributed by atoms with Crippen LogP contribution < -0.4 is 5.46 Å². The highest BCUT2D eigenvalue weighted by Gasteiger charge is 2.52. The molecular weight excluding hydrogens is 303 g/mol. The number of rotatable bonds is 0. The highest BCUT2D eigenvalue weighted by molar-refractivity contribution is 6.32. The van der Waals surface area contributed by atoms with E-state index in [0.29, 0.717) is 0 Å². The Morgan fingerprint density at radius 3 is 2.16 bits per heavy atom. The Hall–Kier alpha value is -3.00. The fourth-order valence-electron chi connectivity index (χ4n) is 4.84. The second kappa shape index (κ2) is 4.34. The molecule has 1 spiro atoms. The summed E-state index contributed by atoms with van der Waals surface area (Å²) in [6.45, 7) is 0. The molecule has 0 amide bonds. The molecule has 114 valence electrons. The van der Waals surface area contributed by atoms with Crippen LogP contribution in [0.5, 0.6) is 0 Å². The van der Waals surface area contributed by atoms with Crippen LogP contribution in [0.1, 0.15) is 22.3 Å². The topological polar surface area (TPSA) is 13.1 Å². The predicted octanol–water partition coefficient (Wildman–Crippen LogP) is 4.42. The summed E-state index contributed by atoms with van der Waals surface area (Å²) in [6, 6.07) is 25.6. The van der Waals surface area contributed by atoms with E-state index in [9.17, 15) is 0 Å². The first kappa shape index (κ1) is 13.3. The Morgan fingerprint density at radius 2 is 1.32 bits per heavy atom. The van der Waals surface area contributed by atoms with E-state index in [2.05, 4.69) is 66.7 Å². The molecule has 0 bridgehead atoms. The van der Waals surface area contributed by atoms with Crippen LogP contribution in [0.25, 0.3) is 22.5 Å². The fourth-order valence-corrected chi connectivity index (χ4v) is 4.84. The summed E-state index contributed by atoms with van der Waals surface area (Å²) in [5.74, 6) is 0.973. The predicted molar refractivity (Wildman–Crippen MR) is 100 cm³/mol. The van der Waals surface area contributed by atoms with Crippen LogP contribution in [0, 0.1) is 0 Å². The molecule has 0 saturated heterocycles. The van der Waals surface area contributed by atoms with Crippen molar-refractivity contribution in [2.75, 3.05) is 0 Å². The lowest BCUT2D eigenvalue weighted by Crippen LogP contribution is -2.26. The average Bonchev–Trinajstić information content (AvgIpc) is 3.29. The highest BCUT2D eigenvalue weighted by atomic mass is 16.3. The third-order valence-electron chi connectivity index (χ3n) is 5.71. The van der Waals surface area contributed by atoms with Gasteiger partial charge in [-0.05, 0) is 33.9 Å². The van der Waals surface area contributed by atoms with Crippen molar-refractivity contribution < 1.29 is 4.42 Å². The fraction of sp³-hybridized carbons (Fsp3) is 0.0435. The molecule has 0 N–H and O–H groups in total. The average molecular weight is 316 g/mol. The van der Waals surface area contributed by atoms with Crippen molar-refractivity contribution in [3.8, 4) is 22.5 Å². The molecule has 2 aliphatic rings. The monoisotopic (exact) mass is 316 g/mol. The summed E-state index contributed by atoms with van der Waals surface area (Å²) in [5, 5.41) is 0. The molecule has 0 fully saturated rings. The second-order valence-corrected chi connectivity index (χ2v) is 6.81. The summed E-state index contributed by atoms with van der Waals surface area (Å²) in [4.78, 5) is 0. The van der Waals surface area contributed by atoms with Crippen molar-refractivity contribution in [1.82, 2.24) is 0 Å².